The first-order valence-electron chi connectivity index (χ1n) is 5.04. The van der Waals surface area contributed by atoms with Gasteiger partial charge in [0.15, 0.2) is 3.77 Å². The van der Waals surface area contributed by atoms with Crippen LogP contribution in [0.2, 0.25) is 0 Å². The summed E-state index contributed by atoms with van der Waals surface area (Å²) in [5.74, 6) is 0.602. The molecule has 0 fully saturated rings. The molecule has 19 heavy (non-hydrogen) atoms. The Hall–Kier alpha value is -1.42. The number of hydrazone groups is 1. The molecule has 1 aromatic heterocycles. The van der Waals surface area contributed by atoms with Crippen LogP contribution in [0.15, 0.2) is 44.3 Å². The normalized spacial score (nSPS) is 10.8. The molecule has 0 unspecified atom stereocenters. The molecule has 98 valence electrons. The molecule has 2 aromatic rings. The van der Waals surface area contributed by atoms with Crippen LogP contribution in [-0.4, -0.2) is 11.1 Å². The van der Waals surface area contributed by atoms with E-state index in [9.17, 15) is 10.1 Å². The van der Waals surface area contributed by atoms with Gasteiger partial charge >= 0.3 is 0 Å². The van der Waals surface area contributed by atoms with Crippen molar-refractivity contribution in [2.75, 3.05) is 5.43 Å². The van der Waals surface area contributed by atoms with Crippen LogP contribution in [-0.2, 0) is 0 Å². The van der Waals surface area contributed by atoms with Gasteiger partial charge in [-0.05, 0) is 28.1 Å². The van der Waals surface area contributed by atoms with Gasteiger partial charge in [0.05, 0.1) is 21.3 Å². The SMILES string of the molecule is O=[N+]([O-])c1ccc(N/N=C\c2cc(Br)c(I)o2)cc1. The fourth-order valence-electron chi connectivity index (χ4n) is 1.26. The first-order valence-corrected chi connectivity index (χ1v) is 6.92. The van der Waals surface area contributed by atoms with Gasteiger partial charge in [0.25, 0.3) is 5.69 Å². The molecule has 1 aromatic carbocycles. The molecule has 0 atom stereocenters. The zero-order chi connectivity index (χ0) is 13.8. The minimum absolute atomic E-state index is 0.0408. The highest BCUT2D eigenvalue weighted by atomic mass is 127. The van der Waals surface area contributed by atoms with E-state index in [2.05, 4.69) is 49.0 Å². The molecule has 0 aliphatic heterocycles. The summed E-state index contributed by atoms with van der Waals surface area (Å²) in [5, 5.41) is 14.5. The first-order chi connectivity index (χ1) is 9.06. The molecule has 1 heterocycles. The Morgan fingerprint density at radius 2 is 2.11 bits per heavy atom. The van der Waals surface area contributed by atoms with Crippen LogP contribution >= 0.6 is 38.5 Å². The number of non-ortho nitro benzene ring substituents is 1. The van der Waals surface area contributed by atoms with Gasteiger partial charge in [-0.25, -0.2) is 0 Å². The number of nitrogens with one attached hydrogen (secondary N) is 1. The van der Waals surface area contributed by atoms with Gasteiger partial charge in [-0.2, -0.15) is 5.10 Å². The average molecular weight is 436 g/mol. The maximum atomic E-state index is 10.5. The van der Waals surface area contributed by atoms with Gasteiger partial charge in [0, 0.05) is 40.8 Å². The van der Waals surface area contributed by atoms with Gasteiger partial charge in [-0.3, -0.25) is 15.5 Å². The number of hydrogen-bond donors (Lipinski definition) is 1. The molecule has 0 spiro atoms. The molecular formula is C11H7BrIN3O3. The standard InChI is InChI=1S/C11H7BrIN3O3/c12-10-5-9(19-11(10)13)6-14-15-7-1-3-8(4-2-7)16(17)18/h1-6,15H/b14-6-. The van der Waals surface area contributed by atoms with Crippen molar-refractivity contribution in [2.24, 2.45) is 5.10 Å². The fraction of sp³-hybridized carbons (Fsp3) is 0. The molecule has 0 saturated heterocycles. The van der Waals surface area contributed by atoms with E-state index >= 15 is 0 Å². The van der Waals surface area contributed by atoms with Crippen molar-refractivity contribution in [1.29, 1.82) is 0 Å². The molecule has 0 saturated carbocycles. The number of hydrogen-bond acceptors (Lipinski definition) is 5. The minimum atomic E-state index is -0.449. The second-order valence-corrected chi connectivity index (χ2v) is 5.28. The van der Waals surface area contributed by atoms with E-state index in [0.29, 0.717) is 11.4 Å². The number of halogens is 2. The van der Waals surface area contributed by atoms with Crippen LogP contribution in [0, 0.1) is 13.9 Å². The van der Waals surface area contributed by atoms with Gasteiger partial charge in [0.2, 0.25) is 0 Å². The highest BCUT2D eigenvalue weighted by molar-refractivity contribution is 14.1. The van der Waals surface area contributed by atoms with E-state index in [1.54, 1.807) is 18.2 Å². The van der Waals surface area contributed by atoms with Gasteiger partial charge in [-0.15, -0.1) is 0 Å². The van der Waals surface area contributed by atoms with Gasteiger partial charge in [0.1, 0.15) is 5.76 Å². The van der Waals surface area contributed by atoms with Crippen LogP contribution in [0.1, 0.15) is 5.76 Å². The van der Waals surface area contributed by atoms with Crippen molar-refractivity contribution in [3.63, 3.8) is 0 Å². The summed E-state index contributed by atoms with van der Waals surface area (Å²) in [4.78, 5) is 10.0. The highest BCUT2D eigenvalue weighted by Gasteiger charge is 2.04. The zero-order valence-electron chi connectivity index (χ0n) is 9.34. The molecule has 2 rings (SSSR count). The van der Waals surface area contributed by atoms with Crippen molar-refractivity contribution in [3.8, 4) is 0 Å². The Morgan fingerprint density at radius 3 is 2.63 bits per heavy atom. The number of nitro groups is 1. The fourth-order valence-corrected chi connectivity index (χ4v) is 1.97. The van der Waals surface area contributed by atoms with Crippen molar-refractivity contribution < 1.29 is 9.34 Å². The Bertz CT molecular complexity index is 605. The molecule has 0 aliphatic carbocycles. The quantitative estimate of drug-likeness (QED) is 0.340. The number of anilines is 1. The molecule has 0 bridgehead atoms. The molecule has 6 nitrogen and oxygen atoms in total. The lowest BCUT2D eigenvalue weighted by Crippen LogP contribution is -1.91. The number of rotatable bonds is 4. The number of benzene rings is 1. The largest absolute Gasteiger partial charge is 0.448 e. The number of nitro benzene ring substituents is 1. The smallest absolute Gasteiger partial charge is 0.269 e. The molecule has 0 amide bonds. The lowest BCUT2D eigenvalue weighted by atomic mass is 10.3. The van der Waals surface area contributed by atoms with E-state index in [0.717, 1.165) is 8.24 Å². The topological polar surface area (TPSA) is 80.7 Å². The maximum absolute atomic E-state index is 10.5. The summed E-state index contributed by atoms with van der Waals surface area (Å²) >= 11 is 5.39. The van der Waals surface area contributed by atoms with E-state index in [1.165, 1.54) is 18.3 Å². The third-order valence-electron chi connectivity index (χ3n) is 2.13. The number of furan rings is 1. The minimum Gasteiger partial charge on any atom is -0.448 e. The average Bonchev–Trinajstić information content (AvgIpc) is 2.69. The van der Waals surface area contributed by atoms with E-state index in [1.807, 2.05) is 0 Å². The van der Waals surface area contributed by atoms with Crippen molar-refractivity contribution >= 4 is 56.1 Å². The maximum Gasteiger partial charge on any atom is 0.269 e. The zero-order valence-corrected chi connectivity index (χ0v) is 13.1. The van der Waals surface area contributed by atoms with Crippen LogP contribution in [0.5, 0.6) is 0 Å². The lowest BCUT2D eigenvalue weighted by molar-refractivity contribution is -0.384. The molecule has 1 N–H and O–H groups in total. The van der Waals surface area contributed by atoms with Crippen LogP contribution in [0.4, 0.5) is 11.4 Å². The van der Waals surface area contributed by atoms with Crippen LogP contribution in [0.3, 0.4) is 0 Å². The van der Waals surface area contributed by atoms with Crippen molar-refractivity contribution in [1.82, 2.24) is 0 Å². The van der Waals surface area contributed by atoms with E-state index in [4.69, 9.17) is 4.42 Å². The van der Waals surface area contributed by atoms with Crippen molar-refractivity contribution in [3.05, 3.63) is 54.4 Å². The number of nitrogens with zero attached hydrogens (tertiary/aromatic N) is 2. The summed E-state index contributed by atoms with van der Waals surface area (Å²) in [6, 6.07) is 7.77. The Morgan fingerprint density at radius 1 is 1.42 bits per heavy atom. The third kappa shape index (κ3) is 3.77. The summed E-state index contributed by atoms with van der Waals surface area (Å²) < 4.78 is 6.97. The summed E-state index contributed by atoms with van der Waals surface area (Å²) in [6.07, 6.45) is 1.52. The third-order valence-corrected chi connectivity index (χ3v) is 4.26. The van der Waals surface area contributed by atoms with E-state index < -0.39 is 4.92 Å². The van der Waals surface area contributed by atoms with Gasteiger partial charge in [-0.1, -0.05) is 0 Å². The van der Waals surface area contributed by atoms with Gasteiger partial charge < -0.3 is 4.42 Å². The second kappa shape index (κ2) is 6.15. The highest BCUT2D eigenvalue weighted by Crippen LogP contribution is 2.22. The molecule has 0 radical (unpaired) electrons. The summed E-state index contributed by atoms with van der Waals surface area (Å²) in [5.41, 5.74) is 3.45. The monoisotopic (exact) mass is 435 g/mol. The first kappa shape index (κ1) is 14.0. The summed E-state index contributed by atoms with van der Waals surface area (Å²) in [7, 11) is 0. The predicted octanol–water partition coefficient (Wildman–Crippen LogP) is 4.00. The Labute approximate surface area is 130 Å². The lowest BCUT2D eigenvalue weighted by Gasteiger charge is -1.98. The molecule has 8 heteroatoms. The van der Waals surface area contributed by atoms with Crippen molar-refractivity contribution in [2.45, 2.75) is 0 Å². The van der Waals surface area contributed by atoms with E-state index in [-0.39, 0.29) is 5.69 Å². The Balaban J connectivity index is 2.00. The van der Waals surface area contributed by atoms with Crippen LogP contribution in [0.25, 0.3) is 0 Å². The van der Waals surface area contributed by atoms with Crippen LogP contribution < -0.4 is 5.43 Å². The molecular weight excluding hydrogens is 429 g/mol. The summed E-state index contributed by atoms with van der Waals surface area (Å²) in [6.45, 7) is 0. The predicted molar refractivity (Wildman–Crippen MR) is 83.4 cm³/mol. The Kier molecular flexibility index (Phi) is 4.53. The molecule has 0 aliphatic rings. The second-order valence-electron chi connectivity index (χ2n) is 3.44.